The maximum absolute atomic E-state index is 12.1. The van der Waals surface area contributed by atoms with Crippen LogP contribution in [0.2, 0.25) is 0 Å². The van der Waals surface area contributed by atoms with Gasteiger partial charge >= 0.3 is 0 Å². The number of carbonyl (C=O) groups excluding carboxylic acids is 1. The number of hydrazine groups is 1. The van der Waals surface area contributed by atoms with Crippen molar-refractivity contribution in [2.75, 3.05) is 6.61 Å². The summed E-state index contributed by atoms with van der Waals surface area (Å²) in [5.41, 5.74) is 6.79. The van der Waals surface area contributed by atoms with Crippen molar-refractivity contribution in [1.29, 1.82) is 5.41 Å². The van der Waals surface area contributed by atoms with E-state index in [1.54, 1.807) is 0 Å². The van der Waals surface area contributed by atoms with E-state index < -0.39 is 0 Å². The van der Waals surface area contributed by atoms with Gasteiger partial charge in [-0.2, -0.15) is 0 Å². The molecular formula is C18H20BrN3O2. The van der Waals surface area contributed by atoms with Crippen LogP contribution in [0, 0.1) is 19.3 Å². The topological polar surface area (TPSA) is 65.4 Å². The van der Waals surface area contributed by atoms with E-state index in [4.69, 9.17) is 10.1 Å². The molecule has 0 unspecified atom stereocenters. The van der Waals surface area contributed by atoms with E-state index in [0.717, 1.165) is 22.3 Å². The van der Waals surface area contributed by atoms with Crippen LogP contribution in [-0.2, 0) is 11.3 Å². The lowest BCUT2D eigenvalue weighted by Crippen LogP contribution is -2.44. The van der Waals surface area contributed by atoms with Crippen LogP contribution in [0.4, 0.5) is 0 Å². The number of hydrogen-bond donors (Lipinski definition) is 2. The Hall–Kier alpha value is -2.34. The average Bonchev–Trinajstić information content (AvgIpc) is 2.81. The second kappa shape index (κ2) is 7.49. The minimum absolute atomic E-state index is 0. The summed E-state index contributed by atoms with van der Waals surface area (Å²) in [6.45, 7) is 4.40. The molecule has 2 aromatic carbocycles. The van der Waals surface area contributed by atoms with E-state index in [1.165, 1.54) is 5.01 Å². The number of hydrogen-bond acceptors (Lipinski definition) is 3. The molecule has 1 aliphatic heterocycles. The minimum Gasteiger partial charge on any atom is -0.484 e. The second-order valence-electron chi connectivity index (χ2n) is 5.74. The van der Waals surface area contributed by atoms with Gasteiger partial charge in [-0.3, -0.25) is 20.6 Å². The van der Waals surface area contributed by atoms with Gasteiger partial charge in [-0.1, -0.05) is 30.3 Å². The molecule has 126 valence electrons. The Kier molecular flexibility index (Phi) is 5.62. The highest BCUT2D eigenvalue weighted by Gasteiger charge is 2.24. The van der Waals surface area contributed by atoms with Crippen LogP contribution >= 0.6 is 17.0 Å². The Balaban J connectivity index is 0.00000208. The van der Waals surface area contributed by atoms with E-state index in [0.29, 0.717) is 18.1 Å². The first kappa shape index (κ1) is 18.0. The Morgan fingerprint density at radius 1 is 1.21 bits per heavy atom. The van der Waals surface area contributed by atoms with Gasteiger partial charge in [0, 0.05) is 5.56 Å². The summed E-state index contributed by atoms with van der Waals surface area (Å²) < 4.78 is 5.54. The highest BCUT2D eigenvalue weighted by atomic mass is 79.9. The van der Waals surface area contributed by atoms with Crippen LogP contribution < -0.4 is 10.2 Å². The highest BCUT2D eigenvalue weighted by Crippen LogP contribution is 2.20. The lowest BCUT2D eigenvalue weighted by atomic mass is 10.1. The molecule has 6 heteroatoms. The summed E-state index contributed by atoms with van der Waals surface area (Å²) in [7, 11) is 0. The predicted octanol–water partition coefficient (Wildman–Crippen LogP) is 3.13. The molecule has 1 aliphatic rings. The zero-order chi connectivity index (χ0) is 16.4. The van der Waals surface area contributed by atoms with E-state index in [2.05, 4.69) is 11.5 Å². The number of amidine groups is 1. The monoisotopic (exact) mass is 389 g/mol. The normalized spacial score (nSPS) is 12.4. The molecule has 5 nitrogen and oxygen atoms in total. The molecule has 0 atom stereocenters. The highest BCUT2D eigenvalue weighted by molar-refractivity contribution is 8.93. The van der Waals surface area contributed by atoms with Crippen molar-refractivity contribution in [1.82, 2.24) is 10.4 Å². The first-order chi connectivity index (χ1) is 11.0. The van der Waals surface area contributed by atoms with Crippen molar-refractivity contribution < 1.29 is 9.53 Å². The molecule has 0 aliphatic carbocycles. The van der Waals surface area contributed by atoms with Gasteiger partial charge in [0.1, 0.15) is 11.6 Å². The molecule has 0 spiro atoms. The Bertz CT molecular complexity index is 756. The smallest absolute Gasteiger partial charge is 0.276 e. The maximum Gasteiger partial charge on any atom is 0.276 e. The first-order valence-electron chi connectivity index (χ1n) is 7.48. The van der Waals surface area contributed by atoms with Crippen LogP contribution in [0.15, 0.2) is 42.5 Å². The van der Waals surface area contributed by atoms with E-state index in [1.807, 2.05) is 50.2 Å². The summed E-state index contributed by atoms with van der Waals surface area (Å²) >= 11 is 0. The quantitative estimate of drug-likeness (QED) is 0.843. The number of nitrogens with zero attached hydrogens (tertiary/aromatic N) is 1. The fourth-order valence-corrected chi connectivity index (χ4v) is 2.73. The maximum atomic E-state index is 12.1. The van der Waals surface area contributed by atoms with Crippen LogP contribution in [0.1, 0.15) is 22.3 Å². The molecule has 1 heterocycles. The number of nitrogens with one attached hydrogen (secondary N) is 2. The van der Waals surface area contributed by atoms with E-state index >= 15 is 0 Å². The molecule has 0 aromatic heterocycles. The van der Waals surface area contributed by atoms with E-state index in [-0.39, 0.29) is 29.5 Å². The molecule has 0 radical (unpaired) electrons. The Morgan fingerprint density at radius 3 is 2.54 bits per heavy atom. The molecule has 2 N–H and O–H groups in total. The lowest BCUT2D eigenvalue weighted by Gasteiger charge is -2.19. The summed E-state index contributed by atoms with van der Waals surface area (Å²) in [5, 5.41) is 9.64. The number of benzene rings is 2. The fourth-order valence-electron chi connectivity index (χ4n) is 2.73. The summed E-state index contributed by atoms with van der Waals surface area (Å²) in [6, 6.07) is 13.5. The molecular weight excluding hydrogens is 370 g/mol. The number of rotatable bonds is 4. The fraction of sp³-hybridized carbons (Fsp3) is 0.222. The number of fused-ring (bicyclic) bond motifs is 1. The largest absolute Gasteiger partial charge is 0.484 e. The van der Waals surface area contributed by atoms with Crippen molar-refractivity contribution in [3.8, 4) is 5.75 Å². The van der Waals surface area contributed by atoms with Crippen LogP contribution in [0.5, 0.6) is 5.75 Å². The van der Waals surface area contributed by atoms with Gasteiger partial charge in [0.15, 0.2) is 6.61 Å². The van der Waals surface area contributed by atoms with Crippen molar-refractivity contribution in [2.45, 2.75) is 20.4 Å². The number of halogens is 1. The van der Waals surface area contributed by atoms with Gasteiger partial charge in [0.2, 0.25) is 0 Å². The van der Waals surface area contributed by atoms with Gasteiger partial charge in [-0.05, 0) is 42.7 Å². The molecule has 1 amide bonds. The SMILES string of the molecule is Br.Cc1cc(C)cc(OCC(=O)NN2Cc3ccccc3C2=N)c1. The minimum atomic E-state index is -0.276. The number of carbonyl (C=O) groups is 1. The lowest BCUT2D eigenvalue weighted by molar-refractivity contribution is -0.126. The van der Waals surface area contributed by atoms with Gasteiger partial charge in [0.25, 0.3) is 5.91 Å². The molecule has 0 saturated heterocycles. The Labute approximate surface area is 151 Å². The predicted molar refractivity (Wildman–Crippen MR) is 98.7 cm³/mol. The first-order valence-corrected chi connectivity index (χ1v) is 7.48. The molecule has 0 fully saturated rings. The van der Waals surface area contributed by atoms with Crippen LogP contribution in [-0.4, -0.2) is 23.4 Å². The average molecular weight is 390 g/mol. The molecule has 0 saturated carbocycles. The summed E-state index contributed by atoms with van der Waals surface area (Å²) in [4.78, 5) is 12.1. The van der Waals surface area contributed by atoms with Crippen LogP contribution in [0.3, 0.4) is 0 Å². The third kappa shape index (κ3) is 3.94. The number of aryl methyl sites for hydroxylation is 2. The zero-order valence-electron chi connectivity index (χ0n) is 13.6. The zero-order valence-corrected chi connectivity index (χ0v) is 15.3. The summed E-state index contributed by atoms with van der Waals surface area (Å²) in [5.74, 6) is 0.708. The molecule has 0 bridgehead atoms. The van der Waals surface area contributed by atoms with E-state index in [9.17, 15) is 4.79 Å². The van der Waals surface area contributed by atoms with Gasteiger partial charge in [0.05, 0.1) is 6.54 Å². The van der Waals surface area contributed by atoms with Crippen molar-refractivity contribution in [3.63, 3.8) is 0 Å². The molecule has 3 rings (SSSR count). The van der Waals surface area contributed by atoms with Crippen molar-refractivity contribution >= 4 is 28.7 Å². The molecule has 24 heavy (non-hydrogen) atoms. The van der Waals surface area contributed by atoms with Crippen molar-refractivity contribution in [3.05, 3.63) is 64.7 Å². The van der Waals surface area contributed by atoms with Gasteiger partial charge in [-0.15, -0.1) is 17.0 Å². The van der Waals surface area contributed by atoms with Crippen LogP contribution in [0.25, 0.3) is 0 Å². The summed E-state index contributed by atoms with van der Waals surface area (Å²) in [6.07, 6.45) is 0. The van der Waals surface area contributed by atoms with Crippen molar-refractivity contribution in [2.24, 2.45) is 0 Å². The Morgan fingerprint density at radius 2 is 1.88 bits per heavy atom. The third-order valence-electron chi connectivity index (χ3n) is 3.70. The molecule has 2 aromatic rings. The standard InChI is InChI=1S/C18H19N3O2.BrH/c1-12-7-13(2)9-15(8-12)23-11-17(22)20-21-10-14-5-3-4-6-16(14)18(21)19;/h3-9,19H,10-11H2,1-2H3,(H,20,22);1H. The number of ether oxygens (including phenoxy) is 1. The second-order valence-corrected chi connectivity index (χ2v) is 5.74. The number of amides is 1. The van der Waals surface area contributed by atoms with Gasteiger partial charge < -0.3 is 4.74 Å². The van der Waals surface area contributed by atoms with Gasteiger partial charge in [-0.25, -0.2) is 0 Å². The third-order valence-corrected chi connectivity index (χ3v) is 3.70.